The molecular formula is C27H40BrClF2N4O3SSi. The van der Waals surface area contributed by atoms with Crippen LogP contribution in [0.5, 0.6) is 0 Å². The lowest BCUT2D eigenvalue weighted by Crippen LogP contribution is -2.50. The zero-order valence-corrected chi connectivity index (χ0v) is 28.9. The number of nitrogens with zero attached hydrogens (tertiary/aromatic N) is 4. The van der Waals surface area contributed by atoms with Crippen molar-refractivity contribution in [2.24, 2.45) is 0 Å². The number of fused-ring (bicyclic) bond motifs is 1. The van der Waals surface area contributed by atoms with Crippen LogP contribution >= 0.6 is 39.3 Å². The topological polar surface area (TPSA) is 67.8 Å². The van der Waals surface area contributed by atoms with E-state index in [4.69, 9.17) is 20.8 Å². The van der Waals surface area contributed by atoms with Crippen LogP contribution in [0.25, 0.3) is 10.9 Å². The Labute approximate surface area is 255 Å². The number of amides is 1. The molecule has 2 heterocycles. The molecule has 13 heteroatoms. The standard InChI is InChI=1S/C27H40BrClF2N4O3SSi/c1-26(2,3)38-25(36)34-12-10-16(11-13-34)35(14-15-37-40(8,9)27(4,5)6)23-17-20(30)19(29)18(28)21(31)22(17)32-24(33-23)39-7/h16H,10-15H2,1-9H3. The predicted octanol–water partition coefficient (Wildman–Crippen LogP) is 8.27. The van der Waals surface area contributed by atoms with Crippen molar-refractivity contribution in [3.05, 3.63) is 21.1 Å². The average Bonchev–Trinajstić information content (AvgIpc) is 2.86. The molecule has 1 saturated heterocycles. The molecule has 1 amide bonds. The largest absolute Gasteiger partial charge is 0.444 e. The van der Waals surface area contributed by atoms with Crippen LogP contribution in [-0.2, 0) is 9.16 Å². The smallest absolute Gasteiger partial charge is 0.410 e. The second-order valence-corrected chi connectivity index (χ2v) is 19.3. The molecule has 2 aromatic rings. The number of hydrogen-bond donors (Lipinski definition) is 0. The van der Waals surface area contributed by atoms with Crippen LogP contribution in [0, 0.1) is 11.6 Å². The van der Waals surface area contributed by atoms with E-state index in [0.717, 1.165) is 0 Å². The van der Waals surface area contributed by atoms with Gasteiger partial charge in [0.2, 0.25) is 0 Å². The minimum atomic E-state index is -2.07. The van der Waals surface area contributed by atoms with Crippen molar-refractivity contribution in [1.29, 1.82) is 0 Å². The van der Waals surface area contributed by atoms with Gasteiger partial charge in [0.05, 0.1) is 21.5 Å². The van der Waals surface area contributed by atoms with E-state index in [0.29, 0.717) is 44.2 Å². The van der Waals surface area contributed by atoms with Gasteiger partial charge in [0, 0.05) is 25.7 Å². The van der Waals surface area contributed by atoms with E-state index in [1.807, 2.05) is 25.7 Å². The minimum absolute atomic E-state index is 0.0132. The first-order chi connectivity index (χ1) is 18.4. The summed E-state index contributed by atoms with van der Waals surface area (Å²) in [6.07, 6.45) is 2.61. The zero-order chi connectivity index (χ0) is 30.2. The molecule has 7 nitrogen and oxygen atoms in total. The monoisotopic (exact) mass is 680 g/mol. The van der Waals surface area contributed by atoms with Gasteiger partial charge in [0.15, 0.2) is 25.1 Å². The molecule has 0 N–H and O–H groups in total. The van der Waals surface area contributed by atoms with E-state index in [2.05, 4.69) is 59.8 Å². The fourth-order valence-corrected chi connectivity index (χ4v) is 6.19. The maximum absolute atomic E-state index is 15.7. The van der Waals surface area contributed by atoms with Crippen molar-refractivity contribution in [3.8, 4) is 0 Å². The highest BCUT2D eigenvalue weighted by Crippen LogP contribution is 2.41. The van der Waals surface area contributed by atoms with Gasteiger partial charge in [0.1, 0.15) is 16.9 Å². The molecule has 0 bridgehead atoms. The van der Waals surface area contributed by atoms with Crippen LogP contribution in [0.4, 0.5) is 19.4 Å². The lowest BCUT2D eigenvalue weighted by molar-refractivity contribution is 0.0204. The van der Waals surface area contributed by atoms with Gasteiger partial charge in [-0.25, -0.2) is 23.5 Å². The Bertz CT molecular complexity index is 1250. The van der Waals surface area contributed by atoms with Crippen LogP contribution < -0.4 is 4.90 Å². The molecule has 0 spiro atoms. The second-order valence-electron chi connectivity index (χ2n) is 12.5. The lowest BCUT2D eigenvalue weighted by Gasteiger charge is -2.41. The Morgan fingerprint density at radius 2 is 1.75 bits per heavy atom. The van der Waals surface area contributed by atoms with E-state index < -0.39 is 25.6 Å². The first-order valence-electron chi connectivity index (χ1n) is 13.3. The third kappa shape index (κ3) is 7.40. The van der Waals surface area contributed by atoms with Gasteiger partial charge >= 0.3 is 6.09 Å². The molecule has 0 atom stereocenters. The Morgan fingerprint density at radius 3 is 2.27 bits per heavy atom. The van der Waals surface area contributed by atoms with E-state index in [1.165, 1.54) is 11.8 Å². The normalized spacial score (nSPS) is 15.6. The first kappa shape index (κ1) is 33.3. The molecule has 1 aliphatic rings. The number of rotatable bonds is 7. The Kier molecular flexibility index (Phi) is 10.5. The Balaban J connectivity index is 2.03. The summed E-state index contributed by atoms with van der Waals surface area (Å²) in [6, 6.07) is -0.112. The van der Waals surface area contributed by atoms with E-state index in [9.17, 15) is 4.79 Å². The molecule has 40 heavy (non-hydrogen) atoms. The quantitative estimate of drug-likeness (QED) is 0.0958. The molecule has 1 aromatic carbocycles. The number of halogens is 4. The highest BCUT2D eigenvalue weighted by Gasteiger charge is 2.38. The third-order valence-corrected chi connectivity index (χ3v) is 13.9. The van der Waals surface area contributed by atoms with Crippen LogP contribution in [-0.4, -0.2) is 73.4 Å². The van der Waals surface area contributed by atoms with Gasteiger partial charge in [-0.05, 0) is 73.9 Å². The summed E-state index contributed by atoms with van der Waals surface area (Å²) in [7, 11) is -2.07. The number of anilines is 1. The van der Waals surface area contributed by atoms with E-state index in [-0.39, 0.29) is 43.4 Å². The predicted molar refractivity (Wildman–Crippen MR) is 165 cm³/mol. The van der Waals surface area contributed by atoms with Crippen molar-refractivity contribution in [2.75, 3.05) is 37.4 Å². The number of carbonyl (C=O) groups excluding carboxylic acids is 1. The molecular weight excluding hydrogens is 642 g/mol. The molecule has 0 radical (unpaired) electrons. The van der Waals surface area contributed by atoms with Crippen molar-refractivity contribution < 1.29 is 22.7 Å². The number of benzene rings is 1. The first-order valence-corrected chi connectivity index (χ1v) is 18.6. The summed E-state index contributed by atoms with van der Waals surface area (Å²) in [6.45, 7) is 18.1. The number of hydrogen-bond acceptors (Lipinski definition) is 7. The SMILES string of the molecule is CSc1nc(N(CCO[Si](C)(C)C(C)(C)C)C2CCN(C(=O)OC(C)(C)C)CC2)c2c(F)c(Cl)c(Br)c(F)c2n1. The zero-order valence-electron chi connectivity index (χ0n) is 24.8. The van der Waals surface area contributed by atoms with Gasteiger partial charge in [-0.3, -0.25) is 0 Å². The summed E-state index contributed by atoms with van der Waals surface area (Å²) in [5, 5.41) is -0.0925. The summed E-state index contributed by atoms with van der Waals surface area (Å²) >= 11 is 10.5. The van der Waals surface area contributed by atoms with Crippen LogP contribution in [0.1, 0.15) is 54.4 Å². The van der Waals surface area contributed by atoms with Crippen LogP contribution in [0.2, 0.25) is 23.2 Å². The summed E-state index contributed by atoms with van der Waals surface area (Å²) in [5.74, 6) is -1.25. The molecule has 0 unspecified atom stereocenters. The van der Waals surface area contributed by atoms with Crippen molar-refractivity contribution >= 4 is 70.4 Å². The van der Waals surface area contributed by atoms with Gasteiger partial charge < -0.3 is 19.0 Å². The van der Waals surface area contributed by atoms with Crippen molar-refractivity contribution in [3.63, 3.8) is 0 Å². The number of piperidine rings is 1. The fraction of sp³-hybridized carbons (Fsp3) is 0.667. The summed E-state index contributed by atoms with van der Waals surface area (Å²) in [4.78, 5) is 25.3. The number of thioether (sulfide) groups is 1. The average molecular weight is 682 g/mol. The summed E-state index contributed by atoms with van der Waals surface area (Å²) in [5.41, 5.74) is -0.728. The minimum Gasteiger partial charge on any atom is -0.444 e. The van der Waals surface area contributed by atoms with Gasteiger partial charge in [-0.1, -0.05) is 44.1 Å². The van der Waals surface area contributed by atoms with E-state index in [1.54, 1.807) is 11.2 Å². The Hall–Kier alpha value is -1.21. The van der Waals surface area contributed by atoms with Crippen molar-refractivity contribution in [1.82, 2.24) is 14.9 Å². The number of likely N-dealkylation sites (tertiary alicyclic amines) is 1. The summed E-state index contributed by atoms with van der Waals surface area (Å²) < 4.78 is 42.9. The molecule has 224 valence electrons. The molecule has 1 aromatic heterocycles. The van der Waals surface area contributed by atoms with Gasteiger partial charge in [-0.2, -0.15) is 0 Å². The molecule has 3 rings (SSSR count). The Morgan fingerprint density at radius 1 is 1.15 bits per heavy atom. The highest BCUT2D eigenvalue weighted by molar-refractivity contribution is 9.10. The van der Waals surface area contributed by atoms with Crippen LogP contribution in [0.3, 0.4) is 0 Å². The number of ether oxygens (including phenoxy) is 1. The van der Waals surface area contributed by atoms with E-state index >= 15 is 8.78 Å². The maximum atomic E-state index is 15.7. The molecule has 0 saturated carbocycles. The second kappa shape index (κ2) is 12.6. The van der Waals surface area contributed by atoms with Gasteiger partial charge in [0.25, 0.3) is 0 Å². The highest BCUT2D eigenvalue weighted by atomic mass is 79.9. The molecule has 0 aliphatic carbocycles. The molecule has 1 aliphatic heterocycles. The van der Waals surface area contributed by atoms with Crippen molar-refractivity contribution in [2.45, 2.75) is 89.3 Å². The maximum Gasteiger partial charge on any atom is 0.410 e. The fourth-order valence-electron chi connectivity index (χ4n) is 4.26. The lowest BCUT2D eigenvalue weighted by atomic mass is 10.0. The third-order valence-electron chi connectivity index (χ3n) is 7.49. The number of aromatic nitrogens is 2. The van der Waals surface area contributed by atoms with Crippen LogP contribution in [0.15, 0.2) is 9.63 Å². The van der Waals surface area contributed by atoms with Gasteiger partial charge in [-0.15, -0.1) is 0 Å². The number of carbonyl (C=O) groups is 1. The molecule has 1 fully saturated rings.